The number of amides is 1. The third kappa shape index (κ3) is 4.80. The molecule has 1 unspecified atom stereocenters. The Morgan fingerprint density at radius 3 is 2.30 bits per heavy atom. The van der Waals surface area contributed by atoms with E-state index in [1.165, 1.54) is 7.11 Å². The largest absolute Gasteiger partial charge is 0.495 e. The minimum atomic E-state index is -3.67. The van der Waals surface area contributed by atoms with Crippen molar-refractivity contribution in [1.29, 1.82) is 0 Å². The van der Waals surface area contributed by atoms with Crippen molar-refractivity contribution in [3.63, 3.8) is 0 Å². The molecule has 0 saturated heterocycles. The summed E-state index contributed by atoms with van der Waals surface area (Å²) < 4.78 is 31.3. The average Bonchev–Trinajstić information content (AvgIpc) is 2.57. The summed E-state index contributed by atoms with van der Waals surface area (Å²) in [5.41, 5.74) is 3.91. The Balaban J connectivity index is 2.38. The molecule has 1 N–H and O–H groups in total. The van der Waals surface area contributed by atoms with Crippen molar-refractivity contribution in [1.82, 2.24) is 0 Å². The summed E-state index contributed by atoms with van der Waals surface area (Å²) in [6, 6.07) is 9.80. The maximum absolute atomic E-state index is 12.8. The number of rotatable bonds is 6. The highest BCUT2D eigenvalue weighted by molar-refractivity contribution is 7.92. The van der Waals surface area contributed by atoms with Crippen molar-refractivity contribution in [3.05, 3.63) is 53.1 Å². The first-order chi connectivity index (χ1) is 12.5. The highest BCUT2D eigenvalue weighted by Crippen LogP contribution is 2.27. The summed E-state index contributed by atoms with van der Waals surface area (Å²) in [7, 11) is -2.15. The van der Waals surface area contributed by atoms with Crippen LogP contribution in [-0.4, -0.2) is 33.7 Å². The average molecular weight is 391 g/mol. The highest BCUT2D eigenvalue weighted by atomic mass is 32.2. The second-order valence-electron chi connectivity index (χ2n) is 6.70. The predicted octanol–water partition coefficient (Wildman–Crippen LogP) is 3.41. The van der Waals surface area contributed by atoms with E-state index >= 15 is 0 Å². The molecule has 0 heterocycles. The van der Waals surface area contributed by atoms with Crippen molar-refractivity contribution in [2.24, 2.45) is 0 Å². The molecule has 27 heavy (non-hydrogen) atoms. The predicted molar refractivity (Wildman–Crippen MR) is 109 cm³/mol. The third-order valence-electron chi connectivity index (χ3n) is 4.45. The van der Waals surface area contributed by atoms with E-state index in [-0.39, 0.29) is 0 Å². The Bertz CT molecular complexity index is 954. The number of anilines is 2. The first-order valence-corrected chi connectivity index (χ1v) is 10.4. The highest BCUT2D eigenvalue weighted by Gasteiger charge is 2.29. The zero-order valence-corrected chi connectivity index (χ0v) is 17.3. The Labute approximate surface area is 161 Å². The quantitative estimate of drug-likeness (QED) is 0.820. The number of ether oxygens (including phenoxy) is 1. The monoisotopic (exact) mass is 390 g/mol. The second-order valence-corrected chi connectivity index (χ2v) is 8.56. The molecular weight excluding hydrogens is 364 g/mol. The van der Waals surface area contributed by atoms with Crippen molar-refractivity contribution in [2.75, 3.05) is 23.0 Å². The summed E-state index contributed by atoms with van der Waals surface area (Å²) in [6.07, 6.45) is 1.10. The first kappa shape index (κ1) is 20.8. The van der Waals surface area contributed by atoms with Gasteiger partial charge < -0.3 is 10.1 Å². The molecule has 1 atom stereocenters. The van der Waals surface area contributed by atoms with E-state index in [0.717, 1.165) is 27.3 Å². The van der Waals surface area contributed by atoms with Crippen molar-refractivity contribution in [2.45, 2.75) is 33.7 Å². The van der Waals surface area contributed by atoms with Crippen LogP contribution in [0.25, 0.3) is 0 Å². The molecule has 0 bridgehead atoms. The number of nitrogens with zero attached hydrogens (tertiary/aromatic N) is 1. The minimum Gasteiger partial charge on any atom is -0.495 e. The standard InChI is InChI=1S/C20H26N2O4S/c1-13-7-10-19(26-5)18(11-13)21-20(23)16(4)22(27(6,24)25)17-9-8-14(2)15(3)12-17/h7-12,16H,1-6H3,(H,21,23). The van der Waals surface area contributed by atoms with E-state index < -0.39 is 22.0 Å². The molecule has 2 rings (SSSR count). The summed E-state index contributed by atoms with van der Waals surface area (Å²) in [5.74, 6) is 0.0702. The van der Waals surface area contributed by atoms with Crippen LogP contribution >= 0.6 is 0 Å². The number of hydrogen-bond acceptors (Lipinski definition) is 4. The second kappa shape index (κ2) is 8.00. The smallest absolute Gasteiger partial charge is 0.248 e. The van der Waals surface area contributed by atoms with Crippen molar-refractivity contribution >= 4 is 27.3 Å². The maximum Gasteiger partial charge on any atom is 0.248 e. The Kier molecular flexibility index (Phi) is 6.15. The minimum absolute atomic E-state index is 0.442. The van der Waals surface area contributed by atoms with Gasteiger partial charge in [0.2, 0.25) is 15.9 Å². The van der Waals surface area contributed by atoms with Crippen LogP contribution in [0.1, 0.15) is 23.6 Å². The van der Waals surface area contributed by atoms with Gasteiger partial charge in [-0.05, 0) is 68.7 Å². The number of hydrogen-bond donors (Lipinski definition) is 1. The Morgan fingerprint density at radius 2 is 1.74 bits per heavy atom. The van der Waals surface area contributed by atoms with Crippen LogP contribution in [0, 0.1) is 20.8 Å². The molecule has 0 aliphatic heterocycles. The summed E-state index contributed by atoms with van der Waals surface area (Å²) in [5, 5.41) is 2.78. The number of carbonyl (C=O) groups is 1. The van der Waals surface area contributed by atoms with Gasteiger partial charge in [0.1, 0.15) is 11.8 Å². The molecule has 146 valence electrons. The van der Waals surface area contributed by atoms with Gasteiger partial charge in [0.25, 0.3) is 0 Å². The SMILES string of the molecule is COc1ccc(C)cc1NC(=O)C(C)N(c1ccc(C)c(C)c1)S(C)(=O)=O. The van der Waals surface area contributed by atoms with Crippen LogP contribution < -0.4 is 14.4 Å². The lowest BCUT2D eigenvalue weighted by molar-refractivity contribution is -0.116. The molecule has 0 fully saturated rings. The number of carbonyl (C=O) groups excluding carboxylic acids is 1. The Morgan fingerprint density at radius 1 is 1.07 bits per heavy atom. The van der Waals surface area contributed by atoms with Gasteiger partial charge in [-0.2, -0.15) is 0 Å². The van der Waals surface area contributed by atoms with Crippen LogP contribution in [0.3, 0.4) is 0 Å². The molecule has 1 amide bonds. The van der Waals surface area contributed by atoms with Crippen LogP contribution in [0.5, 0.6) is 5.75 Å². The molecule has 0 aromatic heterocycles. The molecule has 0 aliphatic rings. The molecule has 0 spiro atoms. The number of nitrogens with one attached hydrogen (secondary N) is 1. The lowest BCUT2D eigenvalue weighted by atomic mass is 10.1. The molecule has 0 radical (unpaired) electrons. The van der Waals surface area contributed by atoms with Gasteiger partial charge in [0, 0.05) is 0 Å². The summed E-state index contributed by atoms with van der Waals surface area (Å²) >= 11 is 0. The van der Waals surface area contributed by atoms with E-state index in [4.69, 9.17) is 4.74 Å². The van der Waals surface area contributed by atoms with Crippen LogP contribution in [0.4, 0.5) is 11.4 Å². The fourth-order valence-corrected chi connectivity index (χ4v) is 3.99. The van der Waals surface area contributed by atoms with E-state index in [1.807, 2.05) is 32.9 Å². The molecular formula is C20H26N2O4S. The van der Waals surface area contributed by atoms with Crippen molar-refractivity contribution < 1.29 is 17.9 Å². The number of sulfonamides is 1. The van der Waals surface area contributed by atoms with Crippen molar-refractivity contribution in [3.8, 4) is 5.75 Å². The fraction of sp³-hybridized carbons (Fsp3) is 0.350. The third-order valence-corrected chi connectivity index (χ3v) is 5.69. The topological polar surface area (TPSA) is 75.7 Å². The van der Waals surface area contributed by atoms with E-state index in [9.17, 15) is 13.2 Å². The van der Waals surface area contributed by atoms with Gasteiger partial charge in [-0.1, -0.05) is 12.1 Å². The van der Waals surface area contributed by atoms with Crippen LogP contribution in [0.15, 0.2) is 36.4 Å². The Hall–Kier alpha value is -2.54. The fourth-order valence-electron chi connectivity index (χ4n) is 2.83. The van der Waals surface area contributed by atoms with E-state index in [0.29, 0.717) is 17.1 Å². The number of aryl methyl sites for hydroxylation is 3. The lowest BCUT2D eigenvalue weighted by Gasteiger charge is -2.29. The lowest BCUT2D eigenvalue weighted by Crippen LogP contribution is -2.45. The molecule has 6 nitrogen and oxygen atoms in total. The van der Waals surface area contributed by atoms with E-state index in [2.05, 4.69) is 5.32 Å². The summed E-state index contributed by atoms with van der Waals surface area (Å²) in [4.78, 5) is 12.8. The number of methoxy groups -OCH3 is 1. The van der Waals surface area contributed by atoms with Gasteiger partial charge in [-0.25, -0.2) is 8.42 Å². The maximum atomic E-state index is 12.8. The summed E-state index contributed by atoms with van der Waals surface area (Å²) in [6.45, 7) is 7.32. The van der Waals surface area contributed by atoms with Crippen LogP contribution in [-0.2, 0) is 14.8 Å². The van der Waals surface area contributed by atoms with Gasteiger partial charge in [0.15, 0.2) is 0 Å². The molecule has 0 saturated carbocycles. The van der Waals surface area contributed by atoms with Crippen LogP contribution in [0.2, 0.25) is 0 Å². The first-order valence-electron chi connectivity index (χ1n) is 8.56. The number of benzene rings is 2. The van der Waals surface area contributed by atoms with Gasteiger partial charge in [0.05, 0.1) is 24.7 Å². The van der Waals surface area contributed by atoms with Gasteiger partial charge in [-0.3, -0.25) is 9.10 Å². The zero-order valence-electron chi connectivity index (χ0n) is 16.5. The molecule has 2 aromatic carbocycles. The molecule has 7 heteroatoms. The van der Waals surface area contributed by atoms with E-state index in [1.54, 1.807) is 31.2 Å². The molecule has 0 aliphatic carbocycles. The normalized spacial score (nSPS) is 12.4. The van der Waals surface area contributed by atoms with Gasteiger partial charge in [-0.15, -0.1) is 0 Å². The van der Waals surface area contributed by atoms with Gasteiger partial charge >= 0.3 is 0 Å². The molecule has 2 aromatic rings. The zero-order chi connectivity index (χ0) is 20.4.